The van der Waals surface area contributed by atoms with Crippen LogP contribution in [0.3, 0.4) is 0 Å². The fraction of sp³-hybridized carbons (Fsp3) is 0.455. The molecule has 0 radical (unpaired) electrons. The third kappa shape index (κ3) is 3.51. The molecule has 7 nitrogen and oxygen atoms in total. The molecule has 2 aliphatic heterocycles. The van der Waals surface area contributed by atoms with Crippen molar-refractivity contribution in [1.82, 2.24) is 20.3 Å². The maximum absolute atomic E-state index is 5.54. The van der Waals surface area contributed by atoms with E-state index in [9.17, 15) is 0 Å². The number of nitrogens with one attached hydrogen (secondary N) is 3. The quantitative estimate of drug-likeness (QED) is 0.622. The molecule has 2 aliphatic rings. The van der Waals surface area contributed by atoms with Gasteiger partial charge >= 0.3 is 0 Å². The third-order valence-corrected chi connectivity index (χ3v) is 5.63. The van der Waals surface area contributed by atoms with Crippen molar-refractivity contribution < 1.29 is 9.47 Å². The Morgan fingerprint density at radius 2 is 1.79 bits per heavy atom. The summed E-state index contributed by atoms with van der Waals surface area (Å²) in [5.41, 5.74) is 3.03. The van der Waals surface area contributed by atoms with Crippen LogP contribution in [-0.2, 0) is 0 Å². The molecule has 0 saturated carbocycles. The van der Waals surface area contributed by atoms with E-state index < -0.39 is 0 Å². The predicted octanol–water partition coefficient (Wildman–Crippen LogP) is 4.07. The van der Waals surface area contributed by atoms with Crippen molar-refractivity contribution in [2.75, 3.05) is 12.1 Å². The first-order valence-electron chi connectivity index (χ1n) is 10.1. The maximum atomic E-state index is 5.54. The van der Waals surface area contributed by atoms with Gasteiger partial charge in [-0.05, 0) is 52.7 Å². The molecule has 5 rings (SSSR count). The summed E-state index contributed by atoms with van der Waals surface area (Å²) < 4.78 is 11.0. The highest BCUT2D eigenvalue weighted by atomic mass is 16.7. The molecule has 1 saturated heterocycles. The number of aromatic nitrogens is 3. The lowest BCUT2D eigenvalue weighted by molar-refractivity contribution is 0.170. The number of rotatable bonds is 3. The zero-order valence-electron chi connectivity index (χ0n) is 17.3. The van der Waals surface area contributed by atoms with Crippen LogP contribution in [0.15, 0.2) is 30.6 Å². The maximum Gasteiger partial charge on any atom is 0.231 e. The molecular weight excluding hydrogens is 366 g/mol. The van der Waals surface area contributed by atoms with E-state index in [4.69, 9.17) is 14.5 Å². The standard InChI is InChI=1S/C22H27N5O2/c1-21(2)9-13(10-22(3,4)27-21)25-20-23-6-5-16(26-20)15-11-24-17-8-19-18(7-14(15)17)28-12-29-19/h5-8,11,13,24,27H,9-10,12H2,1-4H3,(H,23,25,26). The van der Waals surface area contributed by atoms with Crippen molar-refractivity contribution in [3.63, 3.8) is 0 Å². The van der Waals surface area contributed by atoms with Crippen LogP contribution in [-0.4, -0.2) is 38.9 Å². The van der Waals surface area contributed by atoms with Crippen LogP contribution < -0.4 is 20.1 Å². The van der Waals surface area contributed by atoms with Gasteiger partial charge in [0.05, 0.1) is 11.2 Å². The largest absolute Gasteiger partial charge is 0.454 e. The van der Waals surface area contributed by atoms with E-state index >= 15 is 0 Å². The number of aromatic amines is 1. The fourth-order valence-corrected chi connectivity index (χ4v) is 4.91. The van der Waals surface area contributed by atoms with E-state index in [1.54, 1.807) is 0 Å². The van der Waals surface area contributed by atoms with Crippen molar-refractivity contribution in [2.24, 2.45) is 0 Å². The van der Waals surface area contributed by atoms with Gasteiger partial charge in [0.1, 0.15) is 0 Å². The zero-order chi connectivity index (χ0) is 20.2. The number of ether oxygens (including phenoxy) is 2. The molecule has 29 heavy (non-hydrogen) atoms. The van der Waals surface area contributed by atoms with Gasteiger partial charge in [-0.25, -0.2) is 9.97 Å². The summed E-state index contributed by atoms with van der Waals surface area (Å²) in [5, 5.41) is 8.34. The van der Waals surface area contributed by atoms with Gasteiger partial charge in [-0.15, -0.1) is 0 Å². The Labute approximate surface area is 170 Å². The van der Waals surface area contributed by atoms with Crippen LogP contribution in [0, 0.1) is 0 Å². The van der Waals surface area contributed by atoms with E-state index in [1.165, 1.54) is 0 Å². The van der Waals surface area contributed by atoms with Crippen molar-refractivity contribution in [3.05, 3.63) is 30.6 Å². The van der Waals surface area contributed by atoms with Gasteiger partial charge in [-0.1, -0.05) is 0 Å². The van der Waals surface area contributed by atoms with Gasteiger partial charge < -0.3 is 25.1 Å². The average Bonchev–Trinajstić information content (AvgIpc) is 3.22. The highest BCUT2D eigenvalue weighted by molar-refractivity contribution is 5.96. The minimum atomic E-state index is 0.0658. The Bertz CT molecular complexity index is 1060. The molecular formula is C22H27N5O2. The molecule has 0 aliphatic carbocycles. The summed E-state index contributed by atoms with van der Waals surface area (Å²) in [5.74, 6) is 2.20. The third-order valence-electron chi connectivity index (χ3n) is 5.63. The number of anilines is 1. The number of nitrogens with zero attached hydrogens (tertiary/aromatic N) is 2. The molecule has 1 fully saturated rings. The van der Waals surface area contributed by atoms with Crippen LogP contribution in [0.1, 0.15) is 40.5 Å². The first-order chi connectivity index (χ1) is 13.8. The fourth-order valence-electron chi connectivity index (χ4n) is 4.91. The van der Waals surface area contributed by atoms with Gasteiger partial charge in [0.15, 0.2) is 11.5 Å². The number of hydrogen-bond donors (Lipinski definition) is 3. The van der Waals surface area contributed by atoms with Crippen molar-refractivity contribution in [3.8, 4) is 22.8 Å². The van der Waals surface area contributed by atoms with Crippen molar-refractivity contribution in [1.29, 1.82) is 0 Å². The number of fused-ring (bicyclic) bond motifs is 2. The van der Waals surface area contributed by atoms with Crippen LogP contribution >= 0.6 is 0 Å². The molecule has 152 valence electrons. The van der Waals surface area contributed by atoms with E-state index in [-0.39, 0.29) is 17.9 Å². The second-order valence-corrected chi connectivity index (χ2v) is 9.36. The smallest absolute Gasteiger partial charge is 0.231 e. The monoisotopic (exact) mass is 393 g/mol. The van der Waals surface area contributed by atoms with Crippen molar-refractivity contribution in [2.45, 2.75) is 57.7 Å². The number of benzene rings is 1. The summed E-state index contributed by atoms with van der Waals surface area (Å²) in [6.45, 7) is 9.25. The first kappa shape index (κ1) is 18.2. The number of piperidine rings is 1. The first-order valence-corrected chi connectivity index (χ1v) is 10.1. The molecule has 7 heteroatoms. The van der Waals surface area contributed by atoms with Crippen LogP contribution in [0.25, 0.3) is 22.2 Å². The highest BCUT2D eigenvalue weighted by Gasteiger charge is 2.37. The molecule has 0 spiro atoms. The normalized spacial score (nSPS) is 20.1. The zero-order valence-corrected chi connectivity index (χ0v) is 17.3. The summed E-state index contributed by atoms with van der Waals surface area (Å²) >= 11 is 0. The van der Waals surface area contributed by atoms with Crippen LogP contribution in [0.4, 0.5) is 5.95 Å². The number of H-pyrrole nitrogens is 1. The summed E-state index contributed by atoms with van der Waals surface area (Å²) in [6, 6.07) is 6.24. The Morgan fingerprint density at radius 3 is 2.55 bits per heavy atom. The average molecular weight is 393 g/mol. The lowest BCUT2D eigenvalue weighted by Gasteiger charge is -2.46. The topological polar surface area (TPSA) is 84.1 Å². The van der Waals surface area contributed by atoms with Gasteiger partial charge in [0.25, 0.3) is 0 Å². The van der Waals surface area contributed by atoms with Crippen LogP contribution in [0.5, 0.6) is 11.5 Å². The molecule has 0 unspecified atom stereocenters. The van der Waals surface area contributed by atoms with E-state index in [0.29, 0.717) is 12.0 Å². The minimum Gasteiger partial charge on any atom is -0.454 e. The van der Waals surface area contributed by atoms with Crippen molar-refractivity contribution >= 4 is 16.9 Å². The molecule has 3 N–H and O–H groups in total. The van der Waals surface area contributed by atoms with Gasteiger partial charge in [0.2, 0.25) is 12.7 Å². The van der Waals surface area contributed by atoms with Crippen LogP contribution in [0.2, 0.25) is 0 Å². The lowest BCUT2D eigenvalue weighted by atomic mass is 9.80. The Balaban J connectivity index is 1.44. The molecule has 1 aromatic carbocycles. The van der Waals surface area contributed by atoms with Gasteiger partial charge in [-0.3, -0.25) is 0 Å². The highest BCUT2D eigenvalue weighted by Crippen LogP contribution is 2.39. The Kier molecular flexibility index (Phi) is 4.00. The molecule has 0 bridgehead atoms. The predicted molar refractivity (Wildman–Crippen MR) is 113 cm³/mol. The molecule has 3 aromatic rings. The summed E-state index contributed by atoms with van der Waals surface area (Å²) in [4.78, 5) is 12.6. The van der Waals surface area contributed by atoms with Gasteiger partial charge in [-0.2, -0.15) is 0 Å². The number of hydrogen-bond acceptors (Lipinski definition) is 6. The Hall–Kier alpha value is -2.80. The minimum absolute atomic E-state index is 0.0658. The second kappa shape index (κ2) is 6.35. The molecule has 0 amide bonds. The van der Waals surface area contributed by atoms with Gasteiger partial charge in [0, 0.05) is 46.5 Å². The second-order valence-electron chi connectivity index (χ2n) is 9.36. The summed E-state index contributed by atoms with van der Waals surface area (Å²) in [6.07, 6.45) is 5.82. The van der Waals surface area contributed by atoms with E-state index in [2.05, 4.69) is 48.3 Å². The molecule has 0 atom stereocenters. The Morgan fingerprint density at radius 1 is 1.07 bits per heavy atom. The SMILES string of the molecule is CC1(C)CC(Nc2nccc(-c3c[nH]c4cc5c(cc34)OCO5)n2)CC(C)(C)N1. The van der Waals surface area contributed by atoms with E-state index in [0.717, 1.165) is 46.5 Å². The molecule has 4 heterocycles. The molecule has 2 aromatic heterocycles. The van der Waals surface area contributed by atoms with E-state index in [1.807, 2.05) is 30.6 Å². The lowest BCUT2D eigenvalue weighted by Crippen LogP contribution is -2.60. The summed E-state index contributed by atoms with van der Waals surface area (Å²) in [7, 11) is 0.